The SMILES string of the molecule is COC(=O)c1c(NC(=O)c2ccn(C)n2)sc2c1CCC(C)C2. The van der Waals surface area contributed by atoms with Crippen LogP contribution in [0.4, 0.5) is 5.00 Å². The smallest absolute Gasteiger partial charge is 0.341 e. The molecule has 23 heavy (non-hydrogen) atoms. The van der Waals surface area contributed by atoms with Gasteiger partial charge in [0.2, 0.25) is 0 Å². The first-order valence-electron chi connectivity index (χ1n) is 7.53. The van der Waals surface area contributed by atoms with Crippen LogP contribution in [0, 0.1) is 5.92 Å². The normalized spacial score (nSPS) is 16.7. The van der Waals surface area contributed by atoms with Crippen LogP contribution in [0.25, 0.3) is 0 Å². The zero-order valence-electron chi connectivity index (χ0n) is 13.4. The van der Waals surface area contributed by atoms with Crippen LogP contribution in [0.3, 0.4) is 0 Å². The van der Waals surface area contributed by atoms with Crippen molar-refractivity contribution in [2.75, 3.05) is 12.4 Å². The summed E-state index contributed by atoms with van der Waals surface area (Å²) in [5.41, 5.74) is 1.85. The summed E-state index contributed by atoms with van der Waals surface area (Å²) in [4.78, 5) is 25.7. The molecule has 6 nitrogen and oxygen atoms in total. The number of hydrogen-bond acceptors (Lipinski definition) is 5. The van der Waals surface area contributed by atoms with E-state index in [2.05, 4.69) is 17.3 Å². The average Bonchev–Trinajstić information content (AvgIpc) is 3.09. The van der Waals surface area contributed by atoms with Gasteiger partial charge in [0.05, 0.1) is 12.7 Å². The summed E-state index contributed by atoms with van der Waals surface area (Å²) in [7, 11) is 3.12. The standard InChI is InChI=1S/C16H19N3O3S/c1-9-4-5-10-12(8-9)23-15(13(10)16(21)22-3)17-14(20)11-6-7-19(2)18-11/h6-7,9H,4-5,8H2,1-3H3,(H,17,20). The largest absolute Gasteiger partial charge is 0.465 e. The molecule has 1 aliphatic rings. The van der Waals surface area contributed by atoms with E-state index in [1.807, 2.05) is 0 Å². The number of amides is 1. The summed E-state index contributed by atoms with van der Waals surface area (Å²) in [6, 6.07) is 1.64. The van der Waals surface area contributed by atoms with Gasteiger partial charge in [0, 0.05) is 18.1 Å². The zero-order valence-corrected chi connectivity index (χ0v) is 14.2. The number of esters is 1. The number of carbonyl (C=O) groups excluding carboxylic acids is 2. The molecule has 0 radical (unpaired) electrons. The lowest BCUT2D eigenvalue weighted by Gasteiger charge is -2.18. The van der Waals surface area contributed by atoms with E-state index in [1.54, 1.807) is 24.0 Å². The summed E-state index contributed by atoms with van der Waals surface area (Å²) >= 11 is 1.47. The van der Waals surface area contributed by atoms with E-state index in [0.29, 0.717) is 22.2 Å². The van der Waals surface area contributed by atoms with E-state index < -0.39 is 5.97 Å². The first-order chi connectivity index (χ1) is 11.0. The Morgan fingerprint density at radius 1 is 1.48 bits per heavy atom. The monoisotopic (exact) mass is 333 g/mol. The van der Waals surface area contributed by atoms with E-state index in [0.717, 1.165) is 24.8 Å². The van der Waals surface area contributed by atoms with Gasteiger partial charge in [-0.1, -0.05) is 6.92 Å². The Bertz CT molecular complexity index is 763. The molecule has 0 saturated heterocycles. The van der Waals surface area contributed by atoms with Gasteiger partial charge < -0.3 is 10.1 Å². The maximum atomic E-state index is 12.3. The fourth-order valence-corrected chi connectivity index (χ4v) is 4.25. The van der Waals surface area contributed by atoms with Gasteiger partial charge in [0.25, 0.3) is 5.91 Å². The van der Waals surface area contributed by atoms with Crippen molar-refractivity contribution in [3.63, 3.8) is 0 Å². The topological polar surface area (TPSA) is 73.2 Å². The molecule has 1 amide bonds. The molecule has 0 bridgehead atoms. The molecule has 0 saturated carbocycles. The van der Waals surface area contributed by atoms with Gasteiger partial charge in [-0.2, -0.15) is 5.10 Å². The molecule has 0 aromatic carbocycles. The van der Waals surface area contributed by atoms with Gasteiger partial charge in [-0.25, -0.2) is 4.79 Å². The van der Waals surface area contributed by atoms with E-state index in [4.69, 9.17) is 4.74 Å². The summed E-state index contributed by atoms with van der Waals surface area (Å²) in [5, 5.41) is 7.48. The molecular formula is C16H19N3O3S. The predicted octanol–water partition coefficient (Wildman–Crippen LogP) is 2.65. The quantitative estimate of drug-likeness (QED) is 0.877. The Morgan fingerprint density at radius 2 is 2.26 bits per heavy atom. The first kappa shape index (κ1) is 15.7. The molecule has 1 N–H and O–H groups in total. The maximum Gasteiger partial charge on any atom is 0.341 e. The molecule has 1 aliphatic carbocycles. The van der Waals surface area contributed by atoms with Gasteiger partial charge in [-0.3, -0.25) is 9.48 Å². The summed E-state index contributed by atoms with van der Waals surface area (Å²) in [6.07, 6.45) is 4.53. The van der Waals surface area contributed by atoms with Crippen molar-refractivity contribution >= 4 is 28.2 Å². The number of hydrogen-bond donors (Lipinski definition) is 1. The molecule has 1 atom stereocenters. The van der Waals surface area contributed by atoms with Crippen LogP contribution in [0.15, 0.2) is 12.3 Å². The average molecular weight is 333 g/mol. The van der Waals surface area contributed by atoms with Gasteiger partial charge in [-0.05, 0) is 36.8 Å². The molecule has 7 heteroatoms. The lowest BCUT2D eigenvalue weighted by molar-refractivity contribution is 0.0601. The fraction of sp³-hybridized carbons (Fsp3) is 0.438. The van der Waals surface area contributed by atoms with Crippen LogP contribution in [0.1, 0.15) is 44.6 Å². The lowest BCUT2D eigenvalue weighted by Crippen LogP contribution is -2.16. The molecule has 2 aromatic heterocycles. The number of rotatable bonds is 3. The van der Waals surface area contributed by atoms with Gasteiger partial charge in [0.15, 0.2) is 5.69 Å². The Balaban J connectivity index is 1.95. The van der Waals surface area contributed by atoms with Crippen LogP contribution in [-0.2, 0) is 24.6 Å². The summed E-state index contributed by atoms with van der Waals surface area (Å²) in [5.74, 6) is -0.123. The third kappa shape index (κ3) is 3.01. The highest BCUT2D eigenvalue weighted by molar-refractivity contribution is 7.17. The van der Waals surface area contributed by atoms with Crippen molar-refractivity contribution in [2.45, 2.75) is 26.2 Å². The van der Waals surface area contributed by atoms with E-state index in [1.165, 1.54) is 23.3 Å². The van der Waals surface area contributed by atoms with Crippen LogP contribution in [0.2, 0.25) is 0 Å². The van der Waals surface area contributed by atoms with Crippen molar-refractivity contribution in [1.82, 2.24) is 9.78 Å². The van der Waals surface area contributed by atoms with Crippen LogP contribution >= 0.6 is 11.3 Å². The molecule has 0 fully saturated rings. The number of methoxy groups -OCH3 is 1. The highest BCUT2D eigenvalue weighted by Crippen LogP contribution is 2.40. The number of aromatic nitrogens is 2. The fourth-order valence-electron chi connectivity index (χ4n) is 2.86. The summed E-state index contributed by atoms with van der Waals surface area (Å²) in [6.45, 7) is 2.20. The molecule has 2 aromatic rings. The van der Waals surface area contributed by atoms with Gasteiger partial charge in [0.1, 0.15) is 5.00 Å². The van der Waals surface area contributed by atoms with Crippen molar-refractivity contribution in [1.29, 1.82) is 0 Å². The second kappa shape index (κ2) is 6.16. The predicted molar refractivity (Wildman–Crippen MR) is 88.0 cm³/mol. The molecule has 122 valence electrons. The number of aryl methyl sites for hydroxylation is 1. The Kier molecular flexibility index (Phi) is 4.21. The maximum absolute atomic E-state index is 12.3. The minimum Gasteiger partial charge on any atom is -0.465 e. The minimum absolute atomic E-state index is 0.317. The van der Waals surface area contributed by atoms with Crippen LogP contribution in [-0.4, -0.2) is 28.8 Å². The van der Waals surface area contributed by atoms with E-state index >= 15 is 0 Å². The zero-order chi connectivity index (χ0) is 16.6. The van der Waals surface area contributed by atoms with E-state index in [-0.39, 0.29) is 5.91 Å². The first-order valence-corrected chi connectivity index (χ1v) is 8.35. The van der Waals surface area contributed by atoms with Gasteiger partial charge in [-0.15, -0.1) is 11.3 Å². The second-order valence-corrected chi connectivity index (χ2v) is 6.98. The number of ether oxygens (including phenoxy) is 1. The Morgan fingerprint density at radius 3 is 2.91 bits per heavy atom. The third-order valence-corrected chi connectivity index (χ3v) is 5.24. The van der Waals surface area contributed by atoms with Crippen molar-refractivity contribution in [3.05, 3.63) is 34.0 Å². The molecule has 3 rings (SSSR count). The molecular weight excluding hydrogens is 314 g/mol. The minimum atomic E-state index is -0.395. The third-order valence-electron chi connectivity index (χ3n) is 4.07. The molecule has 1 unspecified atom stereocenters. The number of fused-ring (bicyclic) bond motifs is 1. The summed E-state index contributed by atoms with van der Waals surface area (Å²) < 4.78 is 6.48. The lowest BCUT2D eigenvalue weighted by atomic mass is 9.88. The number of anilines is 1. The highest BCUT2D eigenvalue weighted by Gasteiger charge is 2.29. The van der Waals surface area contributed by atoms with Gasteiger partial charge >= 0.3 is 5.97 Å². The Hall–Kier alpha value is -2.15. The number of nitrogens with zero attached hydrogens (tertiary/aromatic N) is 2. The van der Waals surface area contributed by atoms with Crippen LogP contribution < -0.4 is 5.32 Å². The number of carbonyl (C=O) groups is 2. The van der Waals surface area contributed by atoms with Crippen molar-refractivity contribution < 1.29 is 14.3 Å². The molecule has 0 aliphatic heterocycles. The molecule has 0 spiro atoms. The highest BCUT2D eigenvalue weighted by atomic mass is 32.1. The van der Waals surface area contributed by atoms with Crippen molar-refractivity contribution in [2.24, 2.45) is 13.0 Å². The van der Waals surface area contributed by atoms with Crippen LogP contribution in [0.5, 0.6) is 0 Å². The number of thiophene rings is 1. The van der Waals surface area contributed by atoms with E-state index in [9.17, 15) is 9.59 Å². The number of nitrogens with one attached hydrogen (secondary N) is 1. The Labute approximate surface area is 138 Å². The molecule has 2 heterocycles. The van der Waals surface area contributed by atoms with Crippen molar-refractivity contribution in [3.8, 4) is 0 Å². The second-order valence-electron chi connectivity index (χ2n) is 5.88.